The molecule has 0 bridgehead atoms. The molecule has 0 N–H and O–H groups in total. The van der Waals surface area contributed by atoms with Crippen LogP contribution >= 0.6 is 11.6 Å². The molecular weight excluding hydrogens is 316 g/mol. The first-order chi connectivity index (χ1) is 11.1. The second-order valence-corrected chi connectivity index (χ2v) is 5.49. The van der Waals surface area contributed by atoms with Crippen LogP contribution < -0.4 is 4.90 Å². The maximum absolute atomic E-state index is 12.6. The van der Waals surface area contributed by atoms with Gasteiger partial charge in [0.1, 0.15) is 0 Å². The van der Waals surface area contributed by atoms with Crippen LogP contribution in [0.15, 0.2) is 53.7 Å². The minimum absolute atomic E-state index is 0.129. The monoisotopic (exact) mass is 328 g/mol. The van der Waals surface area contributed by atoms with Gasteiger partial charge in [-0.3, -0.25) is 4.79 Å². The Kier molecular flexibility index (Phi) is 4.12. The van der Waals surface area contributed by atoms with Crippen LogP contribution in [0.5, 0.6) is 0 Å². The van der Waals surface area contributed by atoms with Crippen LogP contribution in [-0.4, -0.2) is 17.6 Å². The number of halogens is 1. The van der Waals surface area contributed by atoms with Gasteiger partial charge >= 0.3 is 5.97 Å². The maximum Gasteiger partial charge on any atom is 0.332 e. The highest BCUT2D eigenvalue weighted by Gasteiger charge is 2.34. The minimum atomic E-state index is -0.570. The van der Waals surface area contributed by atoms with Crippen molar-refractivity contribution < 1.29 is 14.4 Å². The summed E-state index contributed by atoms with van der Waals surface area (Å²) in [6.45, 7) is 1.62. The van der Waals surface area contributed by atoms with Gasteiger partial charge in [0.25, 0.3) is 5.91 Å². The highest BCUT2D eigenvalue weighted by Crippen LogP contribution is 2.30. The van der Waals surface area contributed by atoms with Crippen molar-refractivity contribution in [3.05, 3.63) is 64.7 Å². The molecular formula is C17H13ClN2O3. The van der Waals surface area contributed by atoms with Crippen molar-refractivity contribution in [1.29, 1.82) is 0 Å². The summed E-state index contributed by atoms with van der Waals surface area (Å²) in [5.41, 5.74) is 2.45. The number of para-hydroxylation sites is 1. The number of carbonyl (C=O) groups is 2. The maximum atomic E-state index is 12.6. The van der Waals surface area contributed by atoms with E-state index in [0.29, 0.717) is 17.1 Å². The van der Waals surface area contributed by atoms with E-state index in [0.717, 1.165) is 11.3 Å². The van der Waals surface area contributed by atoms with E-state index in [-0.39, 0.29) is 11.6 Å². The zero-order valence-electron chi connectivity index (χ0n) is 12.3. The smallest absolute Gasteiger partial charge is 0.318 e. The van der Waals surface area contributed by atoms with Crippen LogP contribution in [-0.2, 0) is 21.0 Å². The van der Waals surface area contributed by atoms with Crippen LogP contribution in [0.25, 0.3) is 0 Å². The lowest BCUT2D eigenvalue weighted by Gasteiger charge is -2.16. The zero-order chi connectivity index (χ0) is 16.4. The molecule has 0 radical (unpaired) electrons. The van der Waals surface area contributed by atoms with Gasteiger partial charge in [0.15, 0.2) is 5.71 Å². The molecule has 23 heavy (non-hydrogen) atoms. The fourth-order valence-corrected chi connectivity index (χ4v) is 2.52. The number of amides is 1. The molecule has 0 aromatic heterocycles. The van der Waals surface area contributed by atoms with Crippen molar-refractivity contribution in [2.24, 2.45) is 5.16 Å². The van der Waals surface area contributed by atoms with Gasteiger partial charge in [-0.15, -0.1) is 0 Å². The Bertz CT molecular complexity index is 800. The van der Waals surface area contributed by atoms with Crippen LogP contribution in [0.2, 0.25) is 5.02 Å². The average Bonchev–Trinajstić information content (AvgIpc) is 2.80. The second kappa shape index (κ2) is 6.22. The molecule has 1 heterocycles. The quantitative estimate of drug-likeness (QED) is 0.642. The van der Waals surface area contributed by atoms with Crippen molar-refractivity contribution in [1.82, 2.24) is 0 Å². The largest absolute Gasteiger partial charge is 0.332 e. The molecule has 2 aromatic rings. The van der Waals surface area contributed by atoms with Gasteiger partial charge in [0.05, 0.1) is 12.2 Å². The molecule has 2 aromatic carbocycles. The van der Waals surface area contributed by atoms with Crippen LogP contribution in [0.1, 0.15) is 18.1 Å². The summed E-state index contributed by atoms with van der Waals surface area (Å²) in [7, 11) is 0. The van der Waals surface area contributed by atoms with Gasteiger partial charge in [-0.05, 0) is 23.8 Å². The normalized spacial score (nSPS) is 15.0. The van der Waals surface area contributed by atoms with Crippen molar-refractivity contribution in [3.63, 3.8) is 0 Å². The number of nitrogens with zero attached hydrogens (tertiary/aromatic N) is 2. The van der Waals surface area contributed by atoms with E-state index in [1.807, 2.05) is 24.3 Å². The molecule has 0 atom stereocenters. The Labute approximate surface area is 138 Å². The summed E-state index contributed by atoms with van der Waals surface area (Å²) < 4.78 is 0. The molecule has 5 nitrogen and oxygen atoms in total. The summed E-state index contributed by atoms with van der Waals surface area (Å²) in [6.07, 6.45) is 0. The molecule has 6 heteroatoms. The van der Waals surface area contributed by atoms with Gasteiger partial charge in [0, 0.05) is 17.5 Å². The SMILES string of the molecule is CC(=O)O/N=C1\C(=O)N(Cc2ccc(Cl)cc2)c2ccccc21. The lowest BCUT2D eigenvalue weighted by molar-refractivity contribution is -0.140. The Morgan fingerprint density at radius 3 is 2.57 bits per heavy atom. The van der Waals surface area contributed by atoms with Crippen molar-refractivity contribution in [2.75, 3.05) is 4.90 Å². The minimum Gasteiger partial charge on any atom is -0.318 e. The Morgan fingerprint density at radius 2 is 1.87 bits per heavy atom. The van der Waals surface area contributed by atoms with Crippen molar-refractivity contribution >= 4 is 34.9 Å². The van der Waals surface area contributed by atoms with E-state index in [9.17, 15) is 9.59 Å². The number of carbonyl (C=O) groups excluding carboxylic acids is 2. The number of rotatable bonds is 3. The van der Waals surface area contributed by atoms with E-state index in [1.54, 1.807) is 29.2 Å². The molecule has 3 rings (SSSR count). The molecule has 0 saturated heterocycles. The first kappa shape index (κ1) is 15.2. The van der Waals surface area contributed by atoms with E-state index in [2.05, 4.69) is 9.99 Å². The standard InChI is InChI=1S/C17H13ClN2O3/c1-11(21)23-19-16-14-4-2-3-5-15(14)20(17(16)22)10-12-6-8-13(18)9-7-12/h2-9H,10H2,1H3/b19-16-. The fourth-order valence-electron chi connectivity index (χ4n) is 2.39. The molecule has 1 aliphatic rings. The van der Waals surface area contributed by atoms with Gasteiger partial charge < -0.3 is 9.74 Å². The van der Waals surface area contributed by atoms with E-state index < -0.39 is 5.97 Å². The predicted molar refractivity (Wildman–Crippen MR) is 87.4 cm³/mol. The third-order valence-electron chi connectivity index (χ3n) is 3.42. The van der Waals surface area contributed by atoms with Crippen LogP contribution in [0, 0.1) is 0 Å². The van der Waals surface area contributed by atoms with E-state index in [1.165, 1.54) is 6.92 Å². The van der Waals surface area contributed by atoms with E-state index in [4.69, 9.17) is 11.6 Å². The lowest BCUT2D eigenvalue weighted by Crippen LogP contribution is -2.29. The molecule has 0 aliphatic carbocycles. The van der Waals surface area contributed by atoms with Gasteiger partial charge in [0.2, 0.25) is 0 Å². The topological polar surface area (TPSA) is 59.0 Å². The number of oxime groups is 1. The molecule has 1 aliphatic heterocycles. The molecule has 1 amide bonds. The third kappa shape index (κ3) is 3.10. The van der Waals surface area contributed by atoms with Gasteiger partial charge in [-0.25, -0.2) is 4.79 Å². The summed E-state index contributed by atoms with van der Waals surface area (Å²) in [5.74, 6) is -0.874. The summed E-state index contributed by atoms with van der Waals surface area (Å²) in [4.78, 5) is 29.8. The second-order valence-electron chi connectivity index (χ2n) is 5.06. The highest BCUT2D eigenvalue weighted by atomic mass is 35.5. The average molecular weight is 329 g/mol. The highest BCUT2D eigenvalue weighted by molar-refractivity contribution is 6.54. The molecule has 0 spiro atoms. The molecule has 0 saturated carbocycles. The Hall–Kier alpha value is -2.66. The summed E-state index contributed by atoms with van der Waals surface area (Å²) in [5, 5.41) is 4.34. The van der Waals surface area contributed by atoms with Gasteiger partial charge in [-0.1, -0.05) is 47.1 Å². The van der Waals surface area contributed by atoms with Crippen molar-refractivity contribution in [3.8, 4) is 0 Å². The number of fused-ring (bicyclic) bond motifs is 1. The first-order valence-electron chi connectivity index (χ1n) is 6.97. The Morgan fingerprint density at radius 1 is 1.17 bits per heavy atom. The van der Waals surface area contributed by atoms with E-state index >= 15 is 0 Å². The number of hydrogen-bond donors (Lipinski definition) is 0. The predicted octanol–water partition coefficient (Wildman–Crippen LogP) is 3.15. The molecule has 0 fully saturated rings. The first-order valence-corrected chi connectivity index (χ1v) is 7.35. The summed E-state index contributed by atoms with van der Waals surface area (Å²) in [6, 6.07) is 14.5. The molecule has 116 valence electrons. The van der Waals surface area contributed by atoms with Gasteiger partial charge in [-0.2, -0.15) is 0 Å². The fraction of sp³-hybridized carbons (Fsp3) is 0.118. The van der Waals surface area contributed by atoms with Crippen LogP contribution in [0.3, 0.4) is 0 Å². The molecule has 0 unspecified atom stereocenters. The van der Waals surface area contributed by atoms with Crippen molar-refractivity contribution in [2.45, 2.75) is 13.5 Å². The zero-order valence-corrected chi connectivity index (χ0v) is 13.1. The lowest BCUT2D eigenvalue weighted by atomic mass is 10.1. The Balaban J connectivity index is 1.95. The van der Waals surface area contributed by atoms with Crippen LogP contribution in [0.4, 0.5) is 5.69 Å². The number of hydrogen-bond acceptors (Lipinski definition) is 4. The third-order valence-corrected chi connectivity index (χ3v) is 3.67. The summed E-state index contributed by atoms with van der Waals surface area (Å²) >= 11 is 5.88. The number of anilines is 1. The number of benzene rings is 2.